The van der Waals surface area contributed by atoms with Gasteiger partial charge < -0.3 is 10.2 Å². The van der Waals surface area contributed by atoms with Crippen molar-refractivity contribution in [2.24, 2.45) is 0 Å². The van der Waals surface area contributed by atoms with E-state index < -0.39 is 0 Å². The summed E-state index contributed by atoms with van der Waals surface area (Å²) in [5.41, 5.74) is 2.52. The predicted molar refractivity (Wildman–Crippen MR) is 98.1 cm³/mol. The summed E-state index contributed by atoms with van der Waals surface area (Å²) in [6.07, 6.45) is 2.51. The lowest BCUT2D eigenvalue weighted by molar-refractivity contribution is -0.901. The highest BCUT2D eigenvalue weighted by Crippen LogP contribution is 2.05. The maximum atomic E-state index is 12.5. The Labute approximate surface area is 152 Å². The molecule has 1 unspecified atom stereocenters. The van der Waals surface area contributed by atoms with Crippen LogP contribution in [0.15, 0.2) is 66.9 Å². The van der Waals surface area contributed by atoms with Gasteiger partial charge in [-0.2, -0.15) is 9.90 Å². The Bertz CT molecular complexity index is 862. The van der Waals surface area contributed by atoms with Gasteiger partial charge in [0, 0.05) is 12.0 Å². The number of likely N-dealkylation sites (tertiary alicyclic amines) is 1. The average Bonchev–Trinajstić information content (AvgIpc) is 3.33. The second-order valence-electron chi connectivity index (χ2n) is 6.68. The first-order valence-electron chi connectivity index (χ1n) is 8.94. The number of carbonyl (C=O) groups is 1. The Morgan fingerprint density at radius 1 is 1.12 bits per heavy atom. The maximum Gasteiger partial charge on any atom is 0.273 e. The fourth-order valence-corrected chi connectivity index (χ4v) is 3.41. The molecule has 4 rings (SSSR count). The lowest BCUT2D eigenvalue weighted by Crippen LogP contribution is -3.09. The molecule has 2 N–H and O–H groups in total. The highest BCUT2D eigenvalue weighted by atomic mass is 16.2. The van der Waals surface area contributed by atoms with E-state index in [1.807, 2.05) is 36.4 Å². The Balaban J connectivity index is 1.33. The molecular formula is C20H22N5O+. The van der Waals surface area contributed by atoms with Gasteiger partial charge in [-0.3, -0.25) is 4.79 Å². The molecule has 0 bridgehead atoms. The van der Waals surface area contributed by atoms with Gasteiger partial charge in [-0.15, -0.1) is 5.10 Å². The van der Waals surface area contributed by atoms with E-state index in [4.69, 9.17) is 0 Å². The van der Waals surface area contributed by atoms with E-state index in [0.717, 1.165) is 31.7 Å². The van der Waals surface area contributed by atoms with Crippen LogP contribution in [0, 0.1) is 0 Å². The number of carbonyl (C=O) groups excluding carboxylic acids is 1. The third kappa shape index (κ3) is 3.81. The van der Waals surface area contributed by atoms with Gasteiger partial charge in [0.1, 0.15) is 6.54 Å². The average molecular weight is 348 g/mol. The molecule has 0 saturated carbocycles. The molecule has 2 heterocycles. The van der Waals surface area contributed by atoms with Gasteiger partial charge in [0.2, 0.25) is 0 Å². The normalized spacial score (nSPS) is 19.4. The van der Waals surface area contributed by atoms with Crippen molar-refractivity contribution in [2.45, 2.75) is 19.0 Å². The van der Waals surface area contributed by atoms with E-state index in [9.17, 15) is 4.79 Å². The van der Waals surface area contributed by atoms with Crippen molar-refractivity contribution in [1.82, 2.24) is 20.3 Å². The van der Waals surface area contributed by atoms with E-state index in [1.54, 1.807) is 0 Å². The van der Waals surface area contributed by atoms with E-state index in [-0.39, 0.29) is 11.9 Å². The van der Waals surface area contributed by atoms with Crippen LogP contribution in [-0.4, -0.2) is 40.0 Å². The van der Waals surface area contributed by atoms with Crippen molar-refractivity contribution in [1.29, 1.82) is 0 Å². The first kappa shape index (κ1) is 16.5. The molecule has 1 aromatic heterocycles. The zero-order valence-electron chi connectivity index (χ0n) is 14.5. The smallest absolute Gasteiger partial charge is 0.273 e. The van der Waals surface area contributed by atoms with Gasteiger partial charge in [0.05, 0.1) is 31.0 Å². The molecule has 26 heavy (non-hydrogen) atoms. The zero-order valence-corrected chi connectivity index (χ0v) is 14.5. The van der Waals surface area contributed by atoms with E-state index >= 15 is 0 Å². The minimum Gasteiger partial charge on any atom is -0.342 e. The number of benzene rings is 2. The fraction of sp³-hybridized carbons (Fsp3) is 0.250. The highest BCUT2D eigenvalue weighted by Gasteiger charge is 2.28. The highest BCUT2D eigenvalue weighted by molar-refractivity contribution is 5.92. The number of amides is 1. The van der Waals surface area contributed by atoms with Crippen LogP contribution in [-0.2, 0) is 6.54 Å². The van der Waals surface area contributed by atoms with E-state index in [2.05, 4.69) is 39.8 Å². The first-order valence-corrected chi connectivity index (χ1v) is 8.94. The molecule has 0 aliphatic carbocycles. The largest absolute Gasteiger partial charge is 0.342 e. The second kappa shape index (κ2) is 7.49. The molecule has 6 nitrogen and oxygen atoms in total. The molecule has 3 aromatic rings. The summed E-state index contributed by atoms with van der Waals surface area (Å²) in [5.74, 6) is -0.154. The molecule has 2 atom stereocenters. The number of aromatic nitrogens is 3. The lowest BCUT2D eigenvalue weighted by Gasteiger charge is -2.13. The number of rotatable bonds is 5. The molecule has 1 saturated heterocycles. The molecular weight excluding hydrogens is 326 g/mol. The number of nitrogens with one attached hydrogen (secondary N) is 2. The molecule has 0 radical (unpaired) electrons. The molecule has 1 aliphatic rings. The van der Waals surface area contributed by atoms with E-state index in [1.165, 1.54) is 21.5 Å². The number of nitrogens with zero attached hydrogens (tertiary/aromatic N) is 3. The van der Waals surface area contributed by atoms with Gasteiger partial charge >= 0.3 is 0 Å². The summed E-state index contributed by atoms with van der Waals surface area (Å²) < 4.78 is 0. The molecule has 1 aliphatic heterocycles. The van der Waals surface area contributed by atoms with Crippen molar-refractivity contribution in [3.05, 3.63) is 78.1 Å². The third-order valence-electron chi connectivity index (χ3n) is 4.73. The van der Waals surface area contributed by atoms with Crippen LogP contribution in [0.1, 0.15) is 22.5 Å². The van der Waals surface area contributed by atoms with Crippen LogP contribution in [0.3, 0.4) is 0 Å². The topological polar surface area (TPSA) is 64.2 Å². The van der Waals surface area contributed by atoms with Crippen molar-refractivity contribution in [3.8, 4) is 5.69 Å². The first-order chi connectivity index (χ1) is 12.8. The van der Waals surface area contributed by atoms with E-state index in [0.29, 0.717) is 5.69 Å². The second-order valence-corrected chi connectivity index (χ2v) is 6.68. The van der Waals surface area contributed by atoms with Crippen molar-refractivity contribution < 1.29 is 9.69 Å². The minimum atomic E-state index is -0.154. The Morgan fingerprint density at radius 2 is 1.85 bits per heavy atom. The lowest BCUT2D eigenvalue weighted by atomic mass is 10.2. The standard InChI is InChI=1S/C20H21N5O/c26-20(19-13-21-25(23-19)18-9-5-2-6-10-18)22-17-11-12-24(15-17)14-16-7-3-1-4-8-16/h1-10,13,17H,11-12,14-15H2,(H,22,26)/p+1/t17-/m1/s1. The van der Waals surface area contributed by atoms with Gasteiger partial charge in [0.25, 0.3) is 5.91 Å². The van der Waals surface area contributed by atoms with Crippen LogP contribution >= 0.6 is 0 Å². The Morgan fingerprint density at radius 3 is 2.62 bits per heavy atom. The van der Waals surface area contributed by atoms with Crippen LogP contribution in [0.2, 0.25) is 0 Å². The van der Waals surface area contributed by atoms with Crippen molar-refractivity contribution >= 4 is 5.91 Å². The molecule has 0 spiro atoms. The van der Waals surface area contributed by atoms with Crippen molar-refractivity contribution in [3.63, 3.8) is 0 Å². The van der Waals surface area contributed by atoms with Crippen molar-refractivity contribution in [2.75, 3.05) is 13.1 Å². The number of para-hydroxylation sites is 1. The quantitative estimate of drug-likeness (QED) is 0.719. The Hall–Kier alpha value is -2.99. The summed E-state index contributed by atoms with van der Waals surface area (Å²) in [6.45, 7) is 3.00. The molecule has 1 amide bonds. The Kier molecular flexibility index (Phi) is 4.75. The number of hydrogen-bond acceptors (Lipinski definition) is 3. The zero-order chi connectivity index (χ0) is 17.8. The SMILES string of the molecule is O=C(N[C@@H]1CC[NH+](Cc2ccccc2)C1)c1cnn(-c2ccccc2)n1. The summed E-state index contributed by atoms with van der Waals surface area (Å²) in [5, 5.41) is 11.6. The summed E-state index contributed by atoms with van der Waals surface area (Å²) in [7, 11) is 0. The minimum absolute atomic E-state index is 0.154. The van der Waals surface area contributed by atoms with Gasteiger partial charge in [-0.25, -0.2) is 0 Å². The molecule has 1 fully saturated rings. The summed E-state index contributed by atoms with van der Waals surface area (Å²) in [4.78, 5) is 15.5. The fourth-order valence-electron chi connectivity index (χ4n) is 3.41. The van der Waals surface area contributed by atoms with Crippen LogP contribution < -0.4 is 10.2 Å². The van der Waals surface area contributed by atoms with Crippen LogP contribution in [0.5, 0.6) is 0 Å². The summed E-state index contributed by atoms with van der Waals surface area (Å²) in [6, 6.07) is 20.2. The summed E-state index contributed by atoms with van der Waals surface area (Å²) >= 11 is 0. The van der Waals surface area contributed by atoms with Crippen LogP contribution in [0.4, 0.5) is 0 Å². The van der Waals surface area contributed by atoms with Gasteiger partial charge in [-0.1, -0.05) is 48.5 Å². The molecule has 6 heteroatoms. The monoisotopic (exact) mass is 348 g/mol. The maximum absolute atomic E-state index is 12.5. The number of quaternary nitrogens is 1. The molecule has 132 valence electrons. The van der Waals surface area contributed by atoms with Gasteiger partial charge in [-0.05, 0) is 12.1 Å². The van der Waals surface area contributed by atoms with Crippen LogP contribution in [0.25, 0.3) is 5.69 Å². The number of hydrogen-bond donors (Lipinski definition) is 2. The van der Waals surface area contributed by atoms with Gasteiger partial charge in [0.15, 0.2) is 5.69 Å². The third-order valence-corrected chi connectivity index (χ3v) is 4.73. The molecule has 2 aromatic carbocycles. The predicted octanol–water partition coefficient (Wildman–Crippen LogP) is 0.855.